The summed E-state index contributed by atoms with van der Waals surface area (Å²) in [6, 6.07) is 15.3. The van der Waals surface area contributed by atoms with Crippen molar-refractivity contribution in [3.8, 4) is 11.5 Å². The molecule has 190 valence electrons. The number of hydrogen-bond acceptors (Lipinski definition) is 6. The highest BCUT2D eigenvalue weighted by atomic mass is 35.5. The van der Waals surface area contributed by atoms with Crippen LogP contribution in [0, 0.1) is 20.8 Å². The molecule has 0 fully saturated rings. The average molecular weight is 520 g/mol. The monoisotopic (exact) mass is 519 g/mol. The van der Waals surface area contributed by atoms with E-state index in [-0.39, 0.29) is 22.3 Å². The van der Waals surface area contributed by atoms with E-state index >= 15 is 0 Å². The summed E-state index contributed by atoms with van der Waals surface area (Å²) >= 11 is 6.27. The molecule has 4 rings (SSSR count). The minimum atomic E-state index is -0.694. The first-order chi connectivity index (χ1) is 17.6. The Labute approximate surface area is 219 Å². The van der Waals surface area contributed by atoms with Crippen molar-refractivity contribution in [3.05, 3.63) is 87.6 Å². The lowest BCUT2D eigenvalue weighted by Gasteiger charge is -2.19. The summed E-state index contributed by atoms with van der Waals surface area (Å²) in [6.45, 7) is 5.91. The molecule has 0 radical (unpaired) electrons. The zero-order valence-corrected chi connectivity index (χ0v) is 21.8. The molecule has 0 atom stereocenters. The molecule has 0 unspecified atom stereocenters. The number of ether oxygens (including phenoxy) is 2. The number of benzene rings is 3. The molecule has 2 N–H and O–H groups in total. The molecule has 3 aromatic carbocycles. The summed E-state index contributed by atoms with van der Waals surface area (Å²) in [5.41, 5.74) is 4.90. The van der Waals surface area contributed by atoms with Gasteiger partial charge in [-0.3, -0.25) is 14.4 Å². The molecule has 0 bridgehead atoms. The smallest absolute Gasteiger partial charge is 0.283 e. The summed E-state index contributed by atoms with van der Waals surface area (Å²) in [5, 5.41) is 5.61. The Kier molecular flexibility index (Phi) is 7.22. The van der Waals surface area contributed by atoms with E-state index in [1.54, 1.807) is 36.4 Å². The third-order valence-electron chi connectivity index (χ3n) is 5.99. The summed E-state index contributed by atoms with van der Waals surface area (Å²) in [7, 11) is 2.91. The Balaban J connectivity index is 1.53. The van der Waals surface area contributed by atoms with Crippen molar-refractivity contribution in [2.24, 2.45) is 0 Å². The van der Waals surface area contributed by atoms with Gasteiger partial charge in [0.05, 0.1) is 19.9 Å². The number of aryl methyl sites for hydroxylation is 3. The van der Waals surface area contributed by atoms with Gasteiger partial charge >= 0.3 is 0 Å². The maximum atomic E-state index is 13.2. The molecule has 0 saturated heterocycles. The lowest BCUT2D eigenvalue weighted by atomic mass is 10.0. The van der Waals surface area contributed by atoms with Gasteiger partial charge in [-0.15, -0.1) is 0 Å². The molecule has 9 heteroatoms. The van der Waals surface area contributed by atoms with Gasteiger partial charge in [0.15, 0.2) is 0 Å². The van der Waals surface area contributed by atoms with Crippen molar-refractivity contribution in [3.63, 3.8) is 0 Å². The normalized spacial score (nSPS) is 13.2. The number of amides is 3. The first-order valence-electron chi connectivity index (χ1n) is 11.4. The molecule has 0 aromatic heterocycles. The van der Waals surface area contributed by atoms with Crippen LogP contribution in [0.25, 0.3) is 0 Å². The predicted octanol–water partition coefficient (Wildman–Crippen LogP) is 5.32. The van der Waals surface area contributed by atoms with Crippen LogP contribution in [0.4, 0.5) is 17.1 Å². The number of carbonyl (C=O) groups is 3. The van der Waals surface area contributed by atoms with Crippen LogP contribution in [0.15, 0.2) is 65.3 Å². The number of carbonyl (C=O) groups excluding carboxylic acids is 3. The number of anilines is 3. The van der Waals surface area contributed by atoms with Gasteiger partial charge < -0.3 is 20.1 Å². The maximum Gasteiger partial charge on any atom is 0.283 e. The van der Waals surface area contributed by atoms with Gasteiger partial charge in [-0.25, -0.2) is 4.90 Å². The molecular weight excluding hydrogens is 494 g/mol. The number of nitrogens with zero attached hydrogens (tertiary/aromatic N) is 1. The summed E-state index contributed by atoms with van der Waals surface area (Å²) in [4.78, 5) is 39.9. The van der Waals surface area contributed by atoms with Gasteiger partial charge in [0.1, 0.15) is 22.2 Å². The molecule has 1 aliphatic rings. The Hall–Kier alpha value is -4.30. The fraction of sp³-hybridized carbons (Fsp3) is 0.179. The third kappa shape index (κ3) is 5.01. The second-order valence-electron chi connectivity index (χ2n) is 8.60. The second-order valence-corrected chi connectivity index (χ2v) is 8.98. The lowest BCUT2D eigenvalue weighted by molar-refractivity contribution is -0.120. The van der Waals surface area contributed by atoms with Crippen LogP contribution in [0.1, 0.15) is 27.0 Å². The standard InChI is InChI=1S/C28H26ClN3O5/c1-15-12-16(2)24(17(3)13-15)31-26(33)18-6-8-19(9-7-18)30-25-23(29)27(34)32(28(25)35)21-14-20(36-4)10-11-22(21)37-5/h6-14,30H,1-5H3,(H,31,33). The lowest BCUT2D eigenvalue weighted by Crippen LogP contribution is -2.32. The first kappa shape index (κ1) is 25.8. The van der Waals surface area contributed by atoms with Gasteiger partial charge in [-0.05, 0) is 68.3 Å². The predicted molar refractivity (Wildman–Crippen MR) is 144 cm³/mol. The minimum absolute atomic E-state index is 0.0837. The Morgan fingerprint density at radius 1 is 0.865 bits per heavy atom. The summed E-state index contributed by atoms with van der Waals surface area (Å²) in [6.07, 6.45) is 0. The molecule has 0 spiro atoms. The highest BCUT2D eigenvalue weighted by molar-refractivity contribution is 6.53. The van der Waals surface area contributed by atoms with Crippen LogP contribution in [-0.2, 0) is 9.59 Å². The van der Waals surface area contributed by atoms with Crippen molar-refractivity contribution in [1.82, 2.24) is 0 Å². The largest absolute Gasteiger partial charge is 0.497 e. The van der Waals surface area contributed by atoms with Crippen molar-refractivity contribution in [2.45, 2.75) is 20.8 Å². The number of halogens is 1. The second kappa shape index (κ2) is 10.4. The number of rotatable bonds is 7. The van der Waals surface area contributed by atoms with Crippen molar-refractivity contribution in [1.29, 1.82) is 0 Å². The van der Waals surface area contributed by atoms with E-state index in [0.717, 1.165) is 27.3 Å². The van der Waals surface area contributed by atoms with Crippen LogP contribution in [0.3, 0.4) is 0 Å². The summed E-state index contributed by atoms with van der Waals surface area (Å²) < 4.78 is 10.5. The fourth-order valence-electron chi connectivity index (χ4n) is 4.21. The van der Waals surface area contributed by atoms with Gasteiger partial charge in [0, 0.05) is 23.0 Å². The topological polar surface area (TPSA) is 97.0 Å². The minimum Gasteiger partial charge on any atom is -0.497 e. The van der Waals surface area contributed by atoms with Crippen molar-refractivity contribution < 1.29 is 23.9 Å². The number of imide groups is 1. The third-order valence-corrected chi connectivity index (χ3v) is 6.34. The zero-order chi connectivity index (χ0) is 26.9. The molecule has 8 nitrogen and oxygen atoms in total. The van der Waals surface area contributed by atoms with E-state index in [0.29, 0.717) is 22.7 Å². The van der Waals surface area contributed by atoms with E-state index in [9.17, 15) is 14.4 Å². The number of nitrogens with one attached hydrogen (secondary N) is 2. The van der Waals surface area contributed by atoms with Crippen molar-refractivity contribution in [2.75, 3.05) is 29.8 Å². The summed E-state index contributed by atoms with van der Waals surface area (Å²) in [5.74, 6) is -0.849. The SMILES string of the molecule is COc1ccc(OC)c(N2C(=O)C(Cl)=C(Nc3ccc(C(=O)Nc4c(C)cc(C)cc4C)cc3)C2=O)c1. The van der Waals surface area contributed by atoms with E-state index in [1.165, 1.54) is 20.3 Å². The Morgan fingerprint density at radius 2 is 1.51 bits per heavy atom. The maximum absolute atomic E-state index is 13.2. The van der Waals surface area contributed by atoms with Gasteiger partial charge in [0.2, 0.25) is 0 Å². The van der Waals surface area contributed by atoms with Gasteiger partial charge in [-0.2, -0.15) is 0 Å². The van der Waals surface area contributed by atoms with Crippen molar-refractivity contribution >= 4 is 46.4 Å². The average Bonchev–Trinajstić information content (AvgIpc) is 3.08. The van der Waals surface area contributed by atoms with Crippen LogP contribution in [0.5, 0.6) is 11.5 Å². The van der Waals surface area contributed by atoms with Crippen LogP contribution in [-0.4, -0.2) is 31.9 Å². The van der Waals surface area contributed by atoms with E-state index in [2.05, 4.69) is 10.6 Å². The molecule has 1 aliphatic heterocycles. The number of methoxy groups -OCH3 is 2. The van der Waals surface area contributed by atoms with Crippen LogP contribution >= 0.6 is 11.6 Å². The quantitative estimate of drug-likeness (QED) is 0.410. The molecule has 3 aromatic rings. The van der Waals surface area contributed by atoms with E-state index in [4.69, 9.17) is 21.1 Å². The van der Waals surface area contributed by atoms with E-state index in [1.807, 2.05) is 32.9 Å². The molecule has 0 saturated carbocycles. The molecule has 1 heterocycles. The highest BCUT2D eigenvalue weighted by Gasteiger charge is 2.40. The highest BCUT2D eigenvalue weighted by Crippen LogP contribution is 2.38. The van der Waals surface area contributed by atoms with Crippen LogP contribution in [0.2, 0.25) is 0 Å². The molecule has 0 aliphatic carbocycles. The van der Waals surface area contributed by atoms with E-state index < -0.39 is 11.8 Å². The number of hydrogen-bond donors (Lipinski definition) is 2. The first-order valence-corrected chi connectivity index (χ1v) is 11.8. The fourth-order valence-corrected chi connectivity index (χ4v) is 4.43. The zero-order valence-electron chi connectivity index (χ0n) is 21.1. The molecule has 3 amide bonds. The van der Waals surface area contributed by atoms with Crippen LogP contribution < -0.4 is 25.0 Å². The van der Waals surface area contributed by atoms with Gasteiger partial charge in [-0.1, -0.05) is 29.3 Å². The molecule has 37 heavy (non-hydrogen) atoms. The van der Waals surface area contributed by atoms with Gasteiger partial charge in [0.25, 0.3) is 17.7 Å². The Bertz CT molecular complexity index is 1420. The molecular formula is C28H26ClN3O5. The Morgan fingerprint density at radius 3 is 2.11 bits per heavy atom.